The number of halogens is 1. The summed E-state index contributed by atoms with van der Waals surface area (Å²) in [6, 6.07) is 7.30. The fourth-order valence-corrected chi connectivity index (χ4v) is 3.63. The molecule has 0 aromatic heterocycles. The Morgan fingerprint density at radius 1 is 1.30 bits per heavy atom. The van der Waals surface area contributed by atoms with Gasteiger partial charge in [-0.2, -0.15) is 0 Å². The molecule has 1 aromatic rings. The van der Waals surface area contributed by atoms with Crippen molar-refractivity contribution >= 4 is 57.9 Å². The Morgan fingerprint density at radius 2 is 2.04 bits per heavy atom. The fraction of sp³-hybridized carbons (Fsp3) is 0.312. The molecular weight excluding hydrogens is 354 g/mol. The lowest BCUT2D eigenvalue weighted by Gasteiger charge is -2.14. The van der Waals surface area contributed by atoms with Crippen molar-refractivity contribution in [3.63, 3.8) is 0 Å². The number of carboxylic acid groups (broad SMARTS) is 1. The molecule has 7 heteroatoms. The average molecular weight is 369 g/mol. The van der Waals surface area contributed by atoms with Crippen LogP contribution >= 0.6 is 35.6 Å². The number of thioether (sulfide) groups is 1. The minimum atomic E-state index is -1.04. The molecule has 0 atom stereocenters. The van der Waals surface area contributed by atoms with Crippen LogP contribution in [-0.2, 0) is 9.59 Å². The third kappa shape index (κ3) is 5.06. The molecule has 1 amide bonds. The molecule has 1 aliphatic rings. The van der Waals surface area contributed by atoms with Crippen LogP contribution in [-0.4, -0.2) is 27.6 Å². The van der Waals surface area contributed by atoms with Crippen LogP contribution in [0.5, 0.6) is 0 Å². The minimum Gasteiger partial charge on any atom is -0.550 e. The van der Waals surface area contributed by atoms with Gasteiger partial charge in [0, 0.05) is 17.5 Å². The van der Waals surface area contributed by atoms with Crippen molar-refractivity contribution in [2.45, 2.75) is 25.7 Å². The lowest BCUT2D eigenvalue weighted by molar-refractivity contribution is -0.305. The third-order valence-electron chi connectivity index (χ3n) is 3.33. The van der Waals surface area contributed by atoms with E-state index < -0.39 is 5.97 Å². The summed E-state index contributed by atoms with van der Waals surface area (Å²) in [5.74, 6) is -1.17. The van der Waals surface area contributed by atoms with E-state index in [0.29, 0.717) is 40.1 Å². The van der Waals surface area contributed by atoms with E-state index in [-0.39, 0.29) is 12.3 Å². The van der Waals surface area contributed by atoms with Gasteiger partial charge in [-0.15, -0.1) is 0 Å². The van der Waals surface area contributed by atoms with Crippen molar-refractivity contribution in [2.75, 3.05) is 6.54 Å². The molecule has 4 nitrogen and oxygen atoms in total. The maximum absolute atomic E-state index is 12.4. The second kappa shape index (κ2) is 8.47. The number of carboxylic acids is 1. The van der Waals surface area contributed by atoms with Crippen LogP contribution in [0.4, 0.5) is 0 Å². The maximum Gasteiger partial charge on any atom is 0.266 e. The van der Waals surface area contributed by atoms with Gasteiger partial charge in [0.1, 0.15) is 4.32 Å². The monoisotopic (exact) mass is 368 g/mol. The highest BCUT2D eigenvalue weighted by Crippen LogP contribution is 2.33. The number of benzene rings is 1. The van der Waals surface area contributed by atoms with Crippen molar-refractivity contribution in [3.8, 4) is 0 Å². The highest BCUT2D eigenvalue weighted by atomic mass is 35.5. The predicted molar refractivity (Wildman–Crippen MR) is 94.8 cm³/mol. The van der Waals surface area contributed by atoms with Crippen LogP contribution in [0.15, 0.2) is 29.2 Å². The molecule has 2 rings (SSSR count). The summed E-state index contributed by atoms with van der Waals surface area (Å²) in [5, 5.41) is 10.9. The van der Waals surface area contributed by atoms with Crippen molar-refractivity contribution in [1.29, 1.82) is 0 Å². The molecule has 1 aromatic carbocycles. The Labute approximate surface area is 149 Å². The highest BCUT2D eigenvalue weighted by Gasteiger charge is 2.31. The Morgan fingerprint density at radius 3 is 2.74 bits per heavy atom. The summed E-state index contributed by atoms with van der Waals surface area (Å²) >= 11 is 12.6. The molecule has 0 radical (unpaired) electrons. The summed E-state index contributed by atoms with van der Waals surface area (Å²) < 4.78 is 0.521. The predicted octanol–water partition coefficient (Wildman–Crippen LogP) is 2.85. The summed E-state index contributed by atoms with van der Waals surface area (Å²) in [7, 11) is 0. The molecule has 1 saturated heterocycles. The van der Waals surface area contributed by atoms with Crippen molar-refractivity contribution < 1.29 is 14.7 Å². The van der Waals surface area contributed by atoms with Gasteiger partial charge in [0.05, 0.1) is 4.91 Å². The second-order valence-electron chi connectivity index (χ2n) is 5.04. The van der Waals surface area contributed by atoms with E-state index in [1.54, 1.807) is 17.0 Å². The molecule has 1 heterocycles. The quantitative estimate of drug-likeness (QED) is 0.420. The number of carbonyl (C=O) groups is 2. The average Bonchev–Trinajstić information content (AvgIpc) is 2.76. The first-order valence-corrected chi connectivity index (χ1v) is 8.79. The minimum absolute atomic E-state index is 0.0464. The first kappa shape index (κ1) is 18.0. The number of unbranched alkanes of at least 4 members (excludes halogenated alkanes) is 2. The zero-order valence-electron chi connectivity index (χ0n) is 12.3. The lowest BCUT2D eigenvalue weighted by Crippen LogP contribution is -2.29. The van der Waals surface area contributed by atoms with E-state index in [9.17, 15) is 14.7 Å². The number of thiocarbonyl (C=S) groups is 1. The fourth-order valence-electron chi connectivity index (χ4n) is 2.14. The molecule has 122 valence electrons. The van der Waals surface area contributed by atoms with Crippen LogP contribution in [0, 0.1) is 0 Å². The Kier molecular flexibility index (Phi) is 6.62. The number of carbonyl (C=O) groups excluding carboxylic acids is 2. The Bertz CT molecular complexity index is 660. The van der Waals surface area contributed by atoms with Gasteiger partial charge in [0.15, 0.2) is 0 Å². The molecule has 0 aliphatic carbocycles. The number of hydrogen-bond donors (Lipinski definition) is 0. The van der Waals surface area contributed by atoms with Gasteiger partial charge in [0.25, 0.3) is 5.91 Å². The Hall–Kier alpha value is -1.37. The van der Waals surface area contributed by atoms with Crippen LogP contribution in [0.25, 0.3) is 6.08 Å². The van der Waals surface area contributed by atoms with Crippen molar-refractivity contribution in [2.24, 2.45) is 0 Å². The van der Waals surface area contributed by atoms with Crippen LogP contribution in [0.2, 0.25) is 5.02 Å². The van der Waals surface area contributed by atoms with E-state index in [4.69, 9.17) is 23.8 Å². The third-order valence-corrected chi connectivity index (χ3v) is 5.05. The first-order chi connectivity index (χ1) is 11.0. The summed E-state index contributed by atoms with van der Waals surface area (Å²) in [5.41, 5.74) is 0.781. The van der Waals surface area contributed by atoms with Gasteiger partial charge in [0.2, 0.25) is 0 Å². The van der Waals surface area contributed by atoms with Crippen molar-refractivity contribution in [3.05, 3.63) is 39.8 Å². The molecule has 0 N–H and O–H groups in total. The molecule has 0 spiro atoms. The molecule has 1 aliphatic heterocycles. The van der Waals surface area contributed by atoms with Gasteiger partial charge in [-0.05, 0) is 37.0 Å². The van der Waals surface area contributed by atoms with Crippen LogP contribution in [0.1, 0.15) is 31.2 Å². The van der Waals surface area contributed by atoms with E-state index >= 15 is 0 Å². The number of nitrogens with zero attached hydrogens (tertiary/aromatic N) is 1. The molecule has 23 heavy (non-hydrogen) atoms. The standard InChI is InChI=1S/C16H16ClNO3S2/c17-12-7-4-3-6-11(12)10-13-15(21)18(16(22)23-13)9-5-1-2-8-14(19)20/h3-4,6-7,10H,1-2,5,8-9H2,(H,19,20)/p-1. The Balaban J connectivity index is 1.95. The van der Waals surface area contributed by atoms with Gasteiger partial charge < -0.3 is 9.90 Å². The maximum atomic E-state index is 12.4. The molecule has 0 unspecified atom stereocenters. The van der Waals surface area contributed by atoms with E-state index in [1.807, 2.05) is 18.2 Å². The zero-order chi connectivity index (χ0) is 16.8. The summed E-state index contributed by atoms with van der Waals surface area (Å²) in [6.07, 6.45) is 3.77. The smallest absolute Gasteiger partial charge is 0.266 e. The number of rotatable bonds is 7. The van der Waals surface area contributed by atoms with Gasteiger partial charge in [-0.25, -0.2) is 0 Å². The largest absolute Gasteiger partial charge is 0.550 e. The second-order valence-corrected chi connectivity index (χ2v) is 7.12. The molecule has 1 fully saturated rings. The van der Waals surface area contributed by atoms with Gasteiger partial charge in [-0.3, -0.25) is 9.69 Å². The summed E-state index contributed by atoms with van der Waals surface area (Å²) in [4.78, 5) is 24.9. The van der Waals surface area contributed by atoms with E-state index in [0.717, 1.165) is 5.56 Å². The van der Waals surface area contributed by atoms with Gasteiger partial charge >= 0.3 is 0 Å². The lowest BCUT2D eigenvalue weighted by atomic mass is 10.2. The molecule has 0 bridgehead atoms. The SMILES string of the molecule is O=C([O-])CCCCCN1C(=O)C(=Cc2ccccc2Cl)SC1=S. The van der Waals surface area contributed by atoms with Crippen molar-refractivity contribution in [1.82, 2.24) is 4.90 Å². The zero-order valence-corrected chi connectivity index (χ0v) is 14.7. The highest BCUT2D eigenvalue weighted by molar-refractivity contribution is 8.26. The number of hydrogen-bond acceptors (Lipinski definition) is 5. The van der Waals surface area contributed by atoms with E-state index in [2.05, 4.69) is 0 Å². The van der Waals surface area contributed by atoms with E-state index in [1.165, 1.54) is 11.8 Å². The first-order valence-electron chi connectivity index (χ1n) is 7.19. The van der Waals surface area contributed by atoms with Crippen LogP contribution in [0.3, 0.4) is 0 Å². The number of aliphatic carboxylic acids is 1. The molecule has 0 saturated carbocycles. The normalized spacial score (nSPS) is 16.4. The van der Waals surface area contributed by atoms with Crippen LogP contribution < -0.4 is 5.11 Å². The number of amides is 1. The summed E-state index contributed by atoms with van der Waals surface area (Å²) in [6.45, 7) is 0.498. The topological polar surface area (TPSA) is 60.4 Å². The van der Waals surface area contributed by atoms with Gasteiger partial charge in [-0.1, -0.05) is 60.2 Å². The molecular formula is C16H15ClNO3S2-.